The average molecular weight is 351 g/mol. The van der Waals surface area contributed by atoms with Gasteiger partial charge < -0.3 is 5.32 Å². The van der Waals surface area contributed by atoms with E-state index in [2.05, 4.69) is 26.1 Å². The molecular weight excluding hydrogens is 320 g/mol. The van der Waals surface area contributed by atoms with Crippen molar-refractivity contribution in [1.82, 2.24) is 9.62 Å². The monoisotopic (exact) mass is 350 g/mol. The van der Waals surface area contributed by atoms with E-state index in [-0.39, 0.29) is 11.5 Å². The van der Waals surface area contributed by atoms with E-state index in [0.29, 0.717) is 17.4 Å². The third-order valence-corrected chi connectivity index (χ3v) is 7.11. The minimum absolute atomic E-state index is 0.0328. The average Bonchev–Trinajstić information content (AvgIpc) is 3.37. The van der Waals surface area contributed by atoms with Crippen molar-refractivity contribution in [3.05, 3.63) is 29.8 Å². The van der Waals surface area contributed by atoms with Gasteiger partial charge in [-0.25, -0.2) is 8.42 Å². The Hall–Kier alpha value is -0.910. The van der Waals surface area contributed by atoms with E-state index in [0.717, 1.165) is 31.5 Å². The summed E-state index contributed by atoms with van der Waals surface area (Å²) in [7, 11) is -3.41. The molecule has 134 valence electrons. The normalized spacial score (nSPS) is 20.5. The molecule has 0 atom stereocenters. The Labute approximate surface area is 146 Å². The van der Waals surface area contributed by atoms with Crippen LogP contribution in [-0.2, 0) is 15.4 Å². The zero-order valence-electron chi connectivity index (χ0n) is 15.1. The molecule has 1 saturated carbocycles. The van der Waals surface area contributed by atoms with Crippen LogP contribution in [0.1, 0.15) is 52.0 Å². The Morgan fingerprint density at radius 1 is 1.04 bits per heavy atom. The topological polar surface area (TPSA) is 49.4 Å². The second-order valence-electron chi connectivity index (χ2n) is 8.27. The lowest BCUT2D eigenvalue weighted by molar-refractivity contribution is 0.255. The molecule has 1 aliphatic heterocycles. The molecule has 0 spiro atoms. The molecule has 0 amide bonds. The van der Waals surface area contributed by atoms with Crippen LogP contribution in [0.5, 0.6) is 0 Å². The molecule has 3 rings (SSSR count). The van der Waals surface area contributed by atoms with Crippen molar-refractivity contribution in [3.8, 4) is 0 Å². The molecule has 2 aliphatic rings. The first-order valence-electron chi connectivity index (χ1n) is 9.11. The van der Waals surface area contributed by atoms with Gasteiger partial charge in [-0.2, -0.15) is 4.31 Å². The predicted molar refractivity (Wildman–Crippen MR) is 97.6 cm³/mol. The third kappa shape index (κ3) is 4.01. The molecule has 0 unspecified atom stereocenters. The number of rotatable bonds is 5. The van der Waals surface area contributed by atoms with Gasteiger partial charge in [0.25, 0.3) is 0 Å². The Morgan fingerprint density at radius 2 is 1.62 bits per heavy atom. The standard InChI is InChI=1S/C19H30N2O2S/c1-19(2,3)16-6-8-18(9-7-16)24(22,23)21(14-15-4-5-15)17-10-12-20-13-11-17/h6-9,15,17,20H,4-5,10-14H2,1-3H3. The minimum atomic E-state index is -3.41. The zero-order valence-corrected chi connectivity index (χ0v) is 15.9. The number of hydrogen-bond donors (Lipinski definition) is 1. The first-order valence-corrected chi connectivity index (χ1v) is 10.6. The lowest BCUT2D eigenvalue weighted by Crippen LogP contribution is -2.46. The van der Waals surface area contributed by atoms with E-state index in [1.54, 1.807) is 16.4 Å². The van der Waals surface area contributed by atoms with Crippen LogP contribution in [0, 0.1) is 5.92 Å². The summed E-state index contributed by atoms with van der Waals surface area (Å²) >= 11 is 0. The summed E-state index contributed by atoms with van der Waals surface area (Å²) in [6, 6.07) is 7.64. The van der Waals surface area contributed by atoms with E-state index in [1.165, 1.54) is 12.8 Å². The maximum absolute atomic E-state index is 13.3. The van der Waals surface area contributed by atoms with Crippen LogP contribution < -0.4 is 5.32 Å². The summed E-state index contributed by atoms with van der Waals surface area (Å²) in [5, 5.41) is 3.33. The summed E-state index contributed by atoms with van der Waals surface area (Å²) in [6.07, 6.45) is 4.15. The largest absolute Gasteiger partial charge is 0.317 e. The first kappa shape index (κ1) is 17.9. The molecule has 1 N–H and O–H groups in total. The SMILES string of the molecule is CC(C)(C)c1ccc(S(=O)(=O)N(CC2CC2)C2CCNCC2)cc1. The van der Waals surface area contributed by atoms with Gasteiger partial charge in [0.15, 0.2) is 0 Å². The van der Waals surface area contributed by atoms with Crippen LogP contribution in [-0.4, -0.2) is 38.4 Å². The maximum atomic E-state index is 13.3. The van der Waals surface area contributed by atoms with Gasteiger partial charge in [0.1, 0.15) is 0 Å². The molecule has 1 aliphatic carbocycles. The summed E-state index contributed by atoms with van der Waals surface area (Å²) in [5.74, 6) is 0.559. The minimum Gasteiger partial charge on any atom is -0.317 e. The third-order valence-electron chi connectivity index (χ3n) is 5.18. The van der Waals surface area contributed by atoms with Gasteiger partial charge >= 0.3 is 0 Å². The fraction of sp³-hybridized carbons (Fsp3) is 0.684. The number of piperidine rings is 1. The van der Waals surface area contributed by atoms with Crippen LogP contribution in [0.15, 0.2) is 29.2 Å². The van der Waals surface area contributed by atoms with E-state index >= 15 is 0 Å². The van der Waals surface area contributed by atoms with Crippen LogP contribution in [0.2, 0.25) is 0 Å². The first-order chi connectivity index (χ1) is 11.3. The molecule has 24 heavy (non-hydrogen) atoms. The highest BCUT2D eigenvalue weighted by Gasteiger charge is 2.36. The highest BCUT2D eigenvalue weighted by molar-refractivity contribution is 7.89. The fourth-order valence-corrected chi connectivity index (χ4v) is 5.12. The van der Waals surface area contributed by atoms with Gasteiger partial charge in [0.2, 0.25) is 10.0 Å². The molecule has 1 heterocycles. The van der Waals surface area contributed by atoms with E-state index in [4.69, 9.17) is 0 Å². The Morgan fingerprint density at radius 3 is 2.12 bits per heavy atom. The molecule has 4 nitrogen and oxygen atoms in total. The van der Waals surface area contributed by atoms with Crippen LogP contribution in [0.3, 0.4) is 0 Å². The second-order valence-corrected chi connectivity index (χ2v) is 10.2. The number of nitrogens with one attached hydrogen (secondary N) is 1. The Balaban J connectivity index is 1.86. The summed E-state index contributed by atoms with van der Waals surface area (Å²) in [6.45, 7) is 8.93. The van der Waals surface area contributed by atoms with Crippen LogP contribution in [0.4, 0.5) is 0 Å². The van der Waals surface area contributed by atoms with Gasteiger partial charge in [-0.1, -0.05) is 32.9 Å². The number of benzene rings is 1. The highest BCUT2D eigenvalue weighted by Crippen LogP contribution is 2.34. The van der Waals surface area contributed by atoms with Crippen molar-refractivity contribution >= 4 is 10.0 Å². The predicted octanol–water partition coefficient (Wildman–Crippen LogP) is 3.14. The maximum Gasteiger partial charge on any atom is 0.243 e. The number of sulfonamides is 1. The number of nitrogens with zero attached hydrogens (tertiary/aromatic N) is 1. The van der Waals surface area contributed by atoms with E-state index in [1.807, 2.05) is 12.1 Å². The Kier molecular flexibility index (Phi) is 5.05. The lowest BCUT2D eigenvalue weighted by atomic mass is 9.87. The zero-order chi connectivity index (χ0) is 17.4. The van der Waals surface area contributed by atoms with Crippen molar-refractivity contribution in [2.24, 2.45) is 5.92 Å². The summed E-state index contributed by atoms with van der Waals surface area (Å²) in [4.78, 5) is 0.440. The van der Waals surface area contributed by atoms with Gasteiger partial charge in [0.05, 0.1) is 4.90 Å². The smallest absolute Gasteiger partial charge is 0.243 e. The molecule has 0 bridgehead atoms. The molecular formula is C19H30N2O2S. The molecule has 1 saturated heterocycles. The molecule has 0 radical (unpaired) electrons. The molecule has 0 aromatic heterocycles. The van der Waals surface area contributed by atoms with Gasteiger partial charge in [0, 0.05) is 12.6 Å². The van der Waals surface area contributed by atoms with Crippen molar-refractivity contribution in [2.45, 2.75) is 62.8 Å². The summed E-state index contributed by atoms with van der Waals surface area (Å²) in [5.41, 5.74) is 1.20. The van der Waals surface area contributed by atoms with Gasteiger partial charge in [-0.05, 0) is 67.8 Å². The Bertz CT molecular complexity index is 652. The highest BCUT2D eigenvalue weighted by atomic mass is 32.2. The molecule has 1 aromatic rings. The van der Waals surface area contributed by atoms with Crippen LogP contribution in [0.25, 0.3) is 0 Å². The summed E-state index contributed by atoms with van der Waals surface area (Å²) < 4.78 is 28.3. The van der Waals surface area contributed by atoms with Crippen molar-refractivity contribution in [3.63, 3.8) is 0 Å². The quantitative estimate of drug-likeness (QED) is 0.887. The van der Waals surface area contributed by atoms with Gasteiger partial charge in [-0.15, -0.1) is 0 Å². The van der Waals surface area contributed by atoms with Crippen molar-refractivity contribution < 1.29 is 8.42 Å². The molecule has 2 fully saturated rings. The lowest BCUT2D eigenvalue weighted by Gasteiger charge is -2.34. The van der Waals surface area contributed by atoms with E-state index in [9.17, 15) is 8.42 Å². The van der Waals surface area contributed by atoms with Gasteiger partial charge in [-0.3, -0.25) is 0 Å². The fourth-order valence-electron chi connectivity index (χ4n) is 3.36. The number of hydrogen-bond acceptors (Lipinski definition) is 3. The van der Waals surface area contributed by atoms with Crippen LogP contribution >= 0.6 is 0 Å². The van der Waals surface area contributed by atoms with E-state index < -0.39 is 10.0 Å². The van der Waals surface area contributed by atoms with Crippen molar-refractivity contribution in [1.29, 1.82) is 0 Å². The second kappa shape index (κ2) is 6.77. The molecule has 5 heteroatoms. The molecule has 1 aromatic carbocycles. The van der Waals surface area contributed by atoms with Crippen molar-refractivity contribution in [2.75, 3.05) is 19.6 Å².